The fraction of sp³-hybridized carbons (Fsp3) is 0.842. The molecule has 0 bridgehead atoms. The number of rotatable bonds is 0. The number of carbonyl (C=O) groups excluding carboxylic acids is 1. The van der Waals surface area contributed by atoms with Crippen molar-refractivity contribution in [2.24, 2.45) is 34.5 Å². The highest BCUT2D eigenvalue weighted by Crippen LogP contribution is 2.66. The molecule has 0 radical (unpaired) electrons. The van der Waals surface area contributed by atoms with Crippen LogP contribution in [-0.4, -0.2) is 5.78 Å². The van der Waals surface area contributed by atoms with Crippen LogP contribution in [-0.2, 0) is 4.79 Å². The Bertz CT molecular complexity index is 510. The van der Waals surface area contributed by atoms with Gasteiger partial charge < -0.3 is 0 Å². The molecule has 0 aliphatic heterocycles. The van der Waals surface area contributed by atoms with E-state index in [0.717, 1.165) is 30.6 Å². The molecule has 0 aromatic carbocycles. The number of halogens is 1. The molecule has 6 atom stereocenters. The SMILES string of the molecule is C[C@]12CCC(=O)CC1CC[C@@H]1[C@@H]2CC[C@]2(C)C(I)=CC[C@@H]12. The fourth-order valence-corrected chi connectivity index (χ4v) is 7.48. The molecule has 4 rings (SSSR count). The van der Waals surface area contributed by atoms with Crippen molar-refractivity contribution in [1.29, 1.82) is 0 Å². The lowest BCUT2D eigenvalue weighted by Gasteiger charge is -2.59. The Morgan fingerprint density at radius 2 is 1.95 bits per heavy atom. The summed E-state index contributed by atoms with van der Waals surface area (Å²) in [5, 5.41) is 0. The van der Waals surface area contributed by atoms with E-state index in [1.165, 1.54) is 38.5 Å². The number of Topliss-reactive ketones (excluding diaryl/α,β-unsaturated/α-hetero) is 1. The van der Waals surface area contributed by atoms with Gasteiger partial charge in [-0.2, -0.15) is 0 Å². The molecule has 21 heavy (non-hydrogen) atoms. The first kappa shape index (κ1) is 14.7. The summed E-state index contributed by atoms with van der Waals surface area (Å²) in [4.78, 5) is 11.9. The Balaban J connectivity index is 1.64. The number of hydrogen-bond acceptors (Lipinski definition) is 1. The number of carbonyl (C=O) groups is 1. The molecular formula is C19H27IO. The van der Waals surface area contributed by atoms with Crippen LogP contribution < -0.4 is 0 Å². The van der Waals surface area contributed by atoms with E-state index in [9.17, 15) is 4.79 Å². The van der Waals surface area contributed by atoms with Crippen LogP contribution in [0.15, 0.2) is 9.66 Å². The molecule has 0 saturated heterocycles. The zero-order chi connectivity index (χ0) is 14.8. The molecule has 3 saturated carbocycles. The second-order valence-corrected chi connectivity index (χ2v) is 9.81. The number of ketones is 1. The molecule has 1 unspecified atom stereocenters. The van der Waals surface area contributed by atoms with Crippen molar-refractivity contribution in [2.45, 2.75) is 65.2 Å². The Hall–Kier alpha value is 0.140. The summed E-state index contributed by atoms with van der Waals surface area (Å²) in [7, 11) is 0. The number of allylic oxidation sites excluding steroid dienone is 2. The topological polar surface area (TPSA) is 17.1 Å². The van der Waals surface area contributed by atoms with Crippen LogP contribution in [0.2, 0.25) is 0 Å². The van der Waals surface area contributed by atoms with Gasteiger partial charge in [0.1, 0.15) is 5.78 Å². The van der Waals surface area contributed by atoms with E-state index >= 15 is 0 Å². The highest BCUT2D eigenvalue weighted by Gasteiger charge is 2.58. The largest absolute Gasteiger partial charge is 0.300 e. The third-order valence-corrected chi connectivity index (χ3v) is 9.64. The van der Waals surface area contributed by atoms with Crippen molar-refractivity contribution in [3.05, 3.63) is 9.66 Å². The van der Waals surface area contributed by atoms with E-state index in [2.05, 4.69) is 42.5 Å². The predicted octanol–water partition coefficient (Wildman–Crippen LogP) is 5.53. The molecule has 0 spiro atoms. The molecule has 4 aliphatic carbocycles. The van der Waals surface area contributed by atoms with E-state index in [1.54, 1.807) is 3.58 Å². The molecule has 1 nitrogen and oxygen atoms in total. The zero-order valence-electron chi connectivity index (χ0n) is 13.3. The van der Waals surface area contributed by atoms with Gasteiger partial charge in [0.2, 0.25) is 0 Å². The molecule has 0 heterocycles. The van der Waals surface area contributed by atoms with E-state index < -0.39 is 0 Å². The van der Waals surface area contributed by atoms with Crippen LogP contribution in [0.1, 0.15) is 65.2 Å². The molecular weight excluding hydrogens is 371 g/mol. The molecule has 4 aliphatic rings. The smallest absolute Gasteiger partial charge is 0.133 e. The lowest BCUT2D eigenvalue weighted by atomic mass is 9.45. The van der Waals surface area contributed by atoms with Crippen LogP contribution >= 0.6 is 22.6 Å². The maximum atomic E-state index is 11.9. The van der Waals surface area contributed by atoms with Crippen LogP contribution in [0.4, 0.5) is 0 Å². The van der Waals surface area contributed by atoms with Gasteiger partial charge in [-0.05, 0) is 93.8 Å². The van der Waals surface area contributed by atoms with Crippen LogP contribution in [0.3, 0.4) is 0 Å². The van der Waals surface area contributed by atoms with E-state index in [4.69, 9.17) is 0 Å². The average molecular weight is 398 g/mol. The molecule has 0 N–H and O–H groups in total. The van der Waals surface area contributed by atoms with Crippen LogP contribution in [0.5, 0.6) is 0 Å². The Labute approximate surface area is 142 Å². The summed E-state index contributed by atoms with van der Waals surface area (Å²) < 4.78 is 1.63. The molecule has 0 amide bonds. The van der Waals surface area contributed by atoms with Gasteiger partial charge in [0.05, 0.1) is 0 Å². The summed E-state index contributed by atoms with van der Waals surface area (Å²) in [5.41, 5.74) is 0.946. The second-order valence-electron chi connectivity index (χ2n) is 8.64. The molecule has 3 fully saturated rings. The zero-order valence-corrected chi connectivity index (χ0v) is 15.5. The fourth-order valence-electron chi connectivity index (χ4n) is 6.56. The van der Waals surface area contributed by atoms with Crippen molar-refractivity contribution < 1.29 is 4.79 Å². The van der Waals surface area contributed by atoms with Crippen molar-refractivity contribution in [2.75, 3.05) is 0 Å². The Morgan fingerprint density at radius 1 is 1.14 bits per heavy atom. The summed E-state index contributed by atoms with van der Waals surface area (Å²) in [6, 6.07) is 0. The number of fused-ring (bicyclic) bond motifs is 5. The van der Waals surface area contributed by atoms with Crippen molar-refractivity contribution >= 4 is 28.4 Å². The van der Waals surface area contributed by atoms with Gasteiger partial charge in [-0.15, -0.1) is 0 Å². The predicted molar refractivity (Wildman–Crippen MR) is 94.2 cm³/mol. The van der Waals surface area contributed by atoms with Gasteiger partial charge in [-0.3, -0.25) is 4.79 Å². The lowest BCUT2D eigenvalue weighted by molar-refractivity contribution is -0.136. The maximum absolute atomic E-state index is 11.9. The standard InChI is InChI=1S/C19H27IO/c1-18-9-7-13(21)11-12(18)3-4-14-15-5-6-17(20)19(15,2)10-8-16(14)18/h6,12,14-16H,3-5,7-11H2,1-2H3/t12?,14-,15-,16-,18-,19-/m0/s1. The Morgan fingerprint density at radius 3 is 2.76 bits per heavy atom. The Kier molecular flexibility index (Phi) is 3.37. The van der Waals surface area contributed by atoms with Gasteiger partial charge in [0.25, 0.3) is 0 Å². The molecule has 2 heteroatoms. The maximum Gasteiger partial charge on any atom is 0.133 e. The van der Waals surface area contributed by atoms with Crippen molar-refractivity contribution in [3.8, 4) is 0 Å². The van der Waals surface area contributed by atoms with Gasteiger partial charge in [-0.1, -0.05) is 19.9 Å². The third kappa shape index (κ3) is 1.96. The van der Waals surface area contributed by atoms with Gasteiger partial charge in [0.15, 0.2) is 0 Å². The lowest BCUT2D eigenvalue weighted by Crippen LogP contribution is -2.53. The first-order valence-corrected chi connectivity index (χ1v) is 9.91. The van der Waals surface area contributed by atoms with Crippen LogP contribution in [0.25, 0.3) is 0 Å². The van der Waals surface area contributed by atoms with E-state index in [-0.39, 0.29) is 0 Å². The summed E-state index contributed by atoms with van der Waals surface area (Å²) in [6.07, 6.45) is 12.2. The van der Waals surface area contributed by atoms with Gasteiger partial charge in [0, 0.05) is 18.3 Å². The van der Waals surface area contributed by atoms with Gasteiger partial charge in [-0.25, -0.2) is 0 Å². The number of hydrogen-bond donors (Lipinski definition) is 0. The first-order chi connectivity index (χ1) is 9.95. The van der Waals surface area contributed by atoms with E-state index in [0.29, 0.717) is 22.5 Å². The molecule has 0 aromatic heterocycles. The second kappa shape index (κ2) is 4.82. The molecule has 116 valence electrons. The summed E-state index contributed by atoms with van der Waals surface area (Å²) >= 11 is 2.61. The quantitative estimate of drug-likeness (QED) is 0.491. The highest BCUT2D eigenvalue weighted by molar-refractivity contribution is 14.1. The normalized spacial score (nSPS) is 52.7. The highest BCUT2D eigenvalue weighted by atomic mass is 127. The summed E-state index contributed by atoms with van der Waals surface area (Å²) in [6.45, 7) is 5.06. The van der Waals surface area contributed by atoms with Crippen molar-refractivity contribution in [1.82, 2.24) is 0 Å². The monoisotopic (exact) mass is 398 g/mol. The first-order valence-electron chi connectivity index (χ1n) is 8.83. The third-order valence-electron chi connectivity index (χ3n) is 7.97. The van der Waals surface area contributed by atoms with Crippen molar-refractivity contribution in [3.63, 3.8) is 0 Å². The van der Waals surface area contributed by atoms with E-state index in [1.807, 2.05) is 0 Å². The average Bonchev–Trinajstić information content (AvgIpc) is 2.76. The minimum atomic E-state index is 0.464. The molecule has 0 aromatic rings. The minimum Gasteiger partial charge on any atom is -0.300 e. The van der Waals surface area contributed by atoms with Gasteiger partial charge >= 0.3 is 0 Å². The minimum absolute atomic E-state index is 0.464. The van der Waals surface area contributed by atoms with Crippen LogP contribution in [0, 0.1) is 34.5 Å². The summed E-state index contributed by atoms with van der Waals surface area (Å²) in [5.74, 6) is 3.92.